The Morgan fingerprint density at radius 1 is 1.03 bits per heavy atom. The molecular formula is C24H31N3O4. The fourth-order valence-electron chi connectivity index (χ4n) is 3.91. The summed E-state index contributed by atoms with van der Waals surface area (Å²) in [6.07, 6.45) is 7.09. The second-order valence-electron chi connectivity index (χ2n) is 8.45. The highest BCUT2D eigenvalue weighted by Gasteiger charge is 2.26. The van der Waals surface area contributed by atoms with Crippen molar-refractivity contribution in [3.8, 4) is 0 Å². The largest absolute Gasteiger partial charge is 0.459 e. The highest BCUT2D eigenvalue weighted by atomic mass is 16.3. The smallest absolute Gasteiger partial charge is 0.287 e. The number of nitrogens with one attached hydrogen (secondary N) is 2. The Bertz CT molecular complexity index is 884. The number of hydrogen-bond acceptors (Lipinski definition) is 4. The zero-order chi connectivity index (χ0) is 22.4. The fourth-order valence-corrected chi connectivity index (χ4v) is 3.91. The van der Waals surface area contributed by atoms with E-state index in [1.807, 2.05) is 25.8 Å². The van der Waals surface area contributed by atoms with Crippen LogP contribution in [0.5, 0.6) is 0 Å². The Morgan fingerprint density at radius 2 is 1.71 bits per heavy atom. The average Bonchev–Trinajstić information content (AvgIpc) is 3.32. The van der Waals surface area contributed by atoms with Gasteiger partial charge in [-0.2, -0.15) is 0 Å². The van der Waals surface area contributed by atoms with Crippen molar-refractivity contribution in [2.24, 2.45) is 5.92 Å². The summed E-state index contributed by atoms with van der Waals surface area (Å²) in [4.78, 5) is 39.7. The molecule has 3 amide bonds. The van der Waals surface area contributed by atoms with Crippen LogP contribution in [0.2, 0.25) is 0 Å². The van der Waals surface area contributed by atoms with Crippen LogP contribution in [0.3, 0.4) is 0 Å². The third kappa shape index (κ3) is 5.75. The van der Waals surface area contributed by atoms with Gasteiger partial charge in [-0.05, 0) is 55.2 Å². The number of nitrogens with zero attached hydrogens (tertiary/aromatic N) is 1. The standard InChI is InChI=1S/C24H31N3O4/c1-16(2)21(26-22(28)20-10-7-15-31-20)23(29)25-18-13-11-17(12-14-18)24(30)27(3)19-8-5-4-6-9-19/h7,10-16,19,21H,4-6,8-9H2,1-3H3,(H,25,29)(H,26,28). The van der Waals surface area contributed by atoms with Crippen LogP contribution >= 0.6 is 0 Å². The van der Waals surface area contributed by atoms with E-state index in [1.54, 1.807) is 36.4 Å². The molecule has 2 N–H and O–H groups in total. The van der Waals surface area contributed by atoms with Gasteiger partial charge in [-0.25, -0.2) is 0 Å². The molecule has 1 saturated carbocycles. The summed E-state index contributed by atoms with van der Waals surface area (Å²) in [5.41, 5.74) is 1.16. The molecule has 2 aromatic rings. The van der Waals surface area contributed by atoms with E-state index < -0.39 is 11.9 Å². The highest BCUT2D eigenvalue weighted by molar-refractivity contribution is 6.00. The predicted octanol–water partition coefficient (Wildman–Crippen LogP) is 4.08. The van der Waals surface area contributed by atoms with Crippen molar-refractivity contribution >= 4 is 23.4 Å². The van der Waals surface area contributed by atoms with Gasteiger partial charge in [-0.1, -0.05) is 33.1 Å². The molecule has 1 aliphatic rings. The predicted molar refractivity (Wildman–Crippen MR) is 119 cm³/mol. The molecule has 31 heavy (non-hydrogen) atoms. The van der Waals surface area contributed by atoms with Gasteiger partial charge in [-0.15, -0.1) is 0 Å². The van der Waals surface area contributed by atoms with Gasteiger partial charge >= 0.3 is 0 Å². The van der Waals surface area contributed by atoms with E-state index in [0.717, 1.165) is 12.8 Å². The Kier molecular flexibility index (Phi) is 7.50. The quantitative estimate of drug-likeness (QED) is 0.699. The first kappa shape index (κ1) is 22.6. The van der Waals surface area contributed by atoms with Crippen molar-refractivity contribution in [1.82, 2.24) is 10.2 Å². The van der Waals surface area contributed by atoms with Gasteiger partial charge in [-0.3, -0.25) is 14.4 Å². The lowest BCUT2D eigenvalue weighted by atomic mass is 9.94. The van der Waals surface area contributed by atoms with Gasteiger partial charge in [0.25, 0.3) is 11.8 Å². The maximum absolute atomic E-state index is 12.8. The van der Waals surface area contributed by atoms with Gasteiger partial charge in [0.2, 0.25) is 5.91 Å². The van der Waals surface area contributed by atoms with Crippen LogP contribution in [0.25, 0.3) is 0 Å². The van der Waals surface area contributed by atoms with Crippen LogP contribution < -0.4 is 10.6 Å². The summed E-state index contributed by atoms with van der Waals surface area (Å²) in [5.74, 6) is -0.735. The Morgan fingerprint density at radius 3 is 2.29 bits per heavy atom. The lowest BCUT2D eigenvalue weighted by Gasteiger charge is -2.31. The molecule has 0 bridgehead atoms. The van der Waals surface area contributed by atoms with Gasteiger partial charge in [0.05, 0.1) is 6.26 Å². The minimum absolute atomic E-state index is 0.00413. The summed E-state index contributed by atoms with van der Waals surface area (Å²) < 4.78 is 5.09. The van der Waals surface area contributed by atoms with Crippen molar-refractivity contribution in [3.63, 3.8) is 0 Å². The first-order valence-corrected chi connectivity index (χ1v) is 10.9. The van der Waals surface area contributed by atoms with E-state index in [0.29, 0.717) is 17.3 Å². The number of amides is 3. The molecule has 166 valence electrons. The normalized spacial score (nSPS) is 15.4. The first-order valence-electron chi connectivity index (χ1n) is 10.9. The van der Waals surface area contributed by atoms with Crippen molar-refractivity contribution < 1.29 is 18.8 Å². The number of anilines is 1. The number of hydrogen-bond donors (Lipinski definition) is 2. The first-order chi connectivity index (χ1) is 14.9. The molecular weight excluding hydrogens is 394 g/mol. The number of carbonyl (C=O) groups excluding carboxylic acids is 3. The summed E-state index contributed by atoms with van der Waals surface area (Å²) in [6.45, 7) is 3.71. The maximum atomic E-state index is 12.8. The molecule has 1 aliphatic carbocycles. The molecule has 0 radical (unpaired) electrons. The fraction of sp³-hybridized carbons (Fsp3) is 0.458. The van der Waals surface area contributed by atoms with E-state index >= 15 is 0 Å². The third-order valence-corrected chi connectivity index (χ3v) is 5.82. The number of rotatable bonds is 7. The molecule has 1 aromatic heterocycles. The molecule has 1 atom stereocenters. The molecule has 0 spiro atoms. The van der Waals surface area contributed by atoms with E-state index in [9.17, 15) is 14.4 Å². The molecule has 0 saturated heterocycles. The summed E-state index contributed by atoms with van der Waals surface area (Å²) >= 11 is 0. The van der Waals surface area contributed by atoms with E-state index in [-0.39, 0.29) is 23.5 Å². The number of carbonyl (C=O) groups is 3. The monoisotopic (exact) mass is 425 g/mol. The zero-order valence-corrected chi connectivity index (χ0v) is 18.4. The molecule has 7 nitrogen and oxygen atoms in total. The second-order valence-corrected chi connectivity index (χ2v) is 8.45. The molecule has 1 unspecified atom stereocenters. The second kappa shape index (κ2) is 10.3. The van der Waals surface area contributed by atoms with Gasteiger partial charge < -0.3 is 20.0 Å². The van der Waals surface area contributed by atoms with Gasteiger partial charge in [0.15, 0.2) is 5.76 Å². The van der Waals surface area contributed by atoms with Crippen molar-refractivity contribution in [3.05, 3.63) is 54.0 Å². The Hall–Kier alpha value is -3.09. The summed E-state index contributed by atoms with van der Waals surface area (Å²) in [6, 6.07) is 9.61. The van der Waals surface area contributed by atoms with Crippen molar-refractivity contribution in [2.45, 2.75) is 58.0 Å². The van der Waals surface area contributed by atoms with Crippen LogP contribution in [-0.2, 0) is 4.79 Å². The highest BCUT2D eigenvalue weighted by Crippen LogP contribution is 2.23. The van der Waals surface area contributed by atoms with Crippen LogP contribution in [0.4, 0.5) is 5.69 Å². The Labute approximate surface area is 183 Å². The molecule has 0 aliphatic heterocycles. The minimum Gasteiger partial charge on any atom is -0.459 e. The Balaban J connectivity index is 1.61. The van der Waals surface area contributed by atoms with Gasteiger partial charge in [0, 0.05) is 24.3 Å². The zero-order valence-electron chi connectivity index (χ0n) is 18.4. The van der Waals surface area contributed by atoms with Crippen LogP contribution in [-0.4, -0.2) is 41.8 Å². The van der Waals surface area contributed by atoms with Crippen LogP contribution in [0, 0.1) is 5.92 Å². The molecule has 1 aromatic carbocycles. The van der Waals surface area contributed by atoms with Crippen molar-refractivity contribution in [2.75, 3.05) is 12.4 Å². The van der Waals surface area contributed by atoms with Crippen molar-refractivity contribution in [1.29, 1.82) is 0 Å². The SMILES string of the molecule is CC(C)C(NC(=O)c1ccco1)C(=O)Nc1ccc(C(=O)N(C)C2CCCCC2)cc1. The van der Waals surface area contributed by atoms with E-state index in [1.165, 1.54) is 25.5 Å². The summed E-state index contributed by atoms with van der Waals surface area (Å²) in [7, 11) is 1.86. The maximum Gasteiger partial charge on any atom is 0.287 e. The molecule has 3 rings (SSSR count). The minimum atomic E-state index is -0.726. The molecule has 1 heterocycles. The van der Waals surface area contributed by atoms with E-state index in [2.05, 4.69) is 10.6 Å². The molecule has 7 heteroatoms. The topological polar surface area (TPSA) is 91.6 Å². The lowest BCUT2D eigenvalue weighted by molar-refractivity contribution is -0.118. The average molecular weight is 426 g/mol. The number of benzene rings is 1. The molecule has 1 fully saturated rings. The van der Waals surface area contributed by atoms with Crippen LogP contribution in [0.1, 0.15) is 66.9 Å². The van der Waals surface area contributed by atoms with Crippen LogP contribution in [0.15, 0.2) is 47.1 Å². The van der Waals surface area contributed by atoms with Gasteiger partial charge in [0.1, 0.15) is 6.04 Å². The summed E-state index contributed by atoms with van der Waals surface area (Å²) in [5, 5.41) is 5.54. The lowest BCUT2D eigenvalue weighted by Crippen LogP contribution is -2.47. The number of furan rings is 1. The third-order valence-electron chi connectivity index (χ3n) is 5.82. The van der Waals surface area contributed by atoms with E-state index in [4.69, 9.17) is 4.42 Å².